The summed E-state index contributed by atoms with van der Waals surface area (Å²) in [5, 5.41) is 14.3. The second-order valence-corrected chi connectivity index (χ2v) is 4.65. The second-order valence-electron chi connectivity index (χ2n) is 4.65. The first-order valence-electron chi connectivity index (χ1n) is 7.42. The molecular formula is C18H27N2O3Y-. The van der Waals surface area contributed by atoms with Gasteiger partial charge in [0.25, 0.3) is 5.56 Å². The van der Waals surface area contributed by atoms with E-state index in [1.807, 2.05) is 45.0 Å². The number of methoxy groups -OCH3 is 1. The smallest absolute Gasteiger partial charge is 0.278 e. The molecule has 6 heteroatoms. The van der Waals surface area contributed by atoms with Gasteiger partial charge in [-0.05, 0) is 25.0 Å². The Labute approximate surface area is 169 Å². The van der Waals surface area contributed by atoms with E-state index in [2.05, 4.69) is 5.10 Å². The van der Waals surface area contributed by atoms with Crippen LogP contribution in [0.25, 0.3) is 11.1 Å². The Hall–Kier alpha value is -1.04. The van der Waals surface area contributed by atoms with E-state index in [1.54, 1.807) is 14.0 Å². The third-order valence-corrected chi connectivity index (χ3v) is 3.22. The molecule has 1 aromatic carbocycles. The summed E-state index contributed by atoms with van der Waals surface area (Å²) in [5.41, 5.74) is 2.08. The molecule has 0 spiro atoms. The molecule has 131 valence electrons. The standard InChI is InChI=1S/C15H18N2O3.C2H6.CH3.Y/c1-10-6-4-5-7-12(10)13-14(18)11(2)16-17(15(13)19)8-9-20-3;1-2;;/h4-7,18H,8-9H2,1-3H3;1-2H3;1H3;/q;;-1;. The van der Waals surface area contributed by atoms with E-state index in [0.29, 0.717) is 24.4 Å². The van der Waals surface area contributed by atoms with E-state index in [0.717, 1.165) is 11.1 Å². The summed E-state index contributed by atoms with van der Waals surface area (Å²) in [7, 11) is 1.57. The van der Waals surface area contributed by atoms with Gasteiger partial charge in [-0.15, -0.1) is 0 Å². The normalized spacial score (nSPS) is 9.21. The van der Waals surface area contributed by atoms with Crippen LogP contribution in [0.5, 0.6) is 5.75 Å². The van der Waals surface area contributed by atoms with E-state index in [1.165, 1.54) is 4.68 Å². The van der Waals surface area contributed by atoms with Gasteiger partial charge in [-0.3, -0.25) is 4.79 Å². The zero-order valence-corrected chi connectivity index (χ0v) is 18.3. The molecule has 0 bridgehead atoms. The average molecular weight is 408 g/mol. The van der Waals surface area contributed by atoms with Gasteiger partial charge in [0.1, 0.15) is 5.69 Å². The van der Waals surface area contributed by atoms with Crippen LogP contribution in [0.3, 0.4) is 0 Å². The number of nitrogens with zero attached hydrogens (tertiary/aromatic N) is 2. The van der Waals surface area contributed by atoms with Gasteiger partial charge in [0, 0.05) is 39.8 Å². The molecule has 1 aromatic heterocycles. The summed E-state index contributed by atoms with van der Waals surface area (Å²) in [4.78, 5) is 12.5. The van der Waals surface area contributed by atoms with Gasteiger partial charge in [0.2, 0.25) is 0 Å². The Balaban J connectivity index is 0. The molecule has 0 saturated heterocycles. The predicted molar refractivity (Wildman–Crippen MR) is 94.7 cm³/mol. The maximum Gasteiger partial charge on any atom is 0.278 e. The number of benzene rings is 1. The van der Waals surface area contributed by atoms with Crippen LogP contribution in [0, 0.1) is 21.3 Å². The van der Waals surface area contributed by atoms with Crippen LogP contribution in [-0.2, 0) is 44.0 Å². The number of aryl methyl sites for hydroxylation is 2. The summed E-state index contributed by atoms with van der Waals surface area (Å²) in [5.74, 6) is -0.0574. The molecule has 1 radical (unpaired) electrons. The van der Waals surface area contributed by atoms with Gasteiger partial charge >= 0.3 is 0 Å². The van der Waals surface area contributed by atoms with Crippen molar-refractivity contribution in [1.82, 2.24) is 9.78 Å². The molecule has 0 saturated carbocycles. The minimum atomic E-state index is -0.306. The molecule has 2 aromatic rings. The number of hydrogen-bond acceptors (Lipinski definition) is 4. The first kappa shape index (κ1) is 25.2. The third-order valence-electron chi connectivity index (χ3n) is 3.22. The quantitative estimate of drug-likeness (QED) is 0.789. The first-order chi connectivity index (χ1) is 10.6. The molecule has 0 amide bonds. The van der Waals surface area contributed by atoms with Crippen molar-refractivity contribution in [1.29, 1.82) is 0 Å². The number of aromatic nitrogens is 2. The van der Waals surface area contributed by atoms with Gasteiger partial charge in [-0.2, -0.15) is 5.10 Å². The predicted octanol–water partition coefficient (Wildman–Crippen LogP) is 3.35. The van der Waals surface area contributed by atoms with Crippen molar-refractivity contribution < 1.29 is 42.6 Å². The van der Waals surface area contributed by atoms with Crippen molar-refractivity contribution in [3.63, 3.8) is 0 Å². The van der Waals surface area contributed by atoms with Crippen LogP contribution < -0.4 is 5.56 Å². The van der Waals surface area contributed by atoms with Crippen LogP contribution in [0.15, 0.2) is 29.1 Å². The largest absolute Gasteiger partial charge is 0.505 e. The summed E-state index contributed by atoms with van der Waals surface area (Å²) in [6.07, 6.45) is 0. The number of ether oxygens (including phenoxy) is 1. The summed E-state index contributed by atoms with van der Waals surface area (Å²) >= 11 is 0. The third kappa shape index (κ3) is 5.80. The number of aromatic hydroxyl groups is 1. The second kappa shape index (κ2) is 12.3. The summed E-state index contributed by atoms with van der Waals surface area (Å²) in [6, 6.07) is 7.47. The van der Waals surface area contributed by atoms with Gasteiger partial charge in [0.05, 0.1) is 18.7 Å². The number of rotatable bonds is 4. The Morgan fingerprint density at radius 2 is 1.79 bits per heavy atom. The monoisotopic (exact) mass is 408 g/mol. The summed E-state index contributed by atoms with van der Waals surface area (Å²) < 4.78 is 6.31. The molecule has 0 aliphatic carbocycles. The topological polar surface area (TPSA) is 64.3 Å². The molecule has 0 aliphatic heterocycles. The SMILES string of the molecule is CC.COCCn1nc(C)c(O)c(-c2ccccc2C)c1=O.[CH3-].[Y]. The molecule has 5 nitrogen and oxygen atoms in total. The van der Waals surface area contributed by atoms with Crippen molar-refractivity contribution in [2.24, 2.45) is 0 Å². The molecule has 0 fully saturated rings. The molecule has 0 unspecified atom stereocenters. The van der Waals surface area contributed by atoms with Crippen LogP contribution in [0.4, 0.5) is 0 Å². The maximum absolute atomic E-state index is 12.5. The van der Waals surface area contributed by atoms with Gasteiger partial charge in [-0.1, -0.05) is 38.1 Å². The molecule has 1 N–H and O–H groups in total. The van der Waals surface area contributed by atoms with E-state index in [4.69, 9.17) is 4.74 Å². The maximum atomic E-state index is 12.5. The van der Waals surface area contributed by atoms with E-state index in [9.17, 15) is 9.90 Å². The first-order valence-corrected chi connectivity index (χ1v) is 7.42. The van der Waals surface area contributed by atoms with Crippen molar-refractivity contribution >= 4 is 0 Å². The van der Waals surface area contributed by atoms with Crippen molar-refractivity contribution in [3.05, 3.63) is 53.3 Å². The van der Waals surface area contributed by atoms with Crippen LogP contribution >= 0.6 is 0 Å². The molecule has 0 atom stereocenters. The Morgan fingerprint density at radius 1 is 1.21 bits per heavy atom. The summed E-state index contributed by atoms with van der Waals surface area (Å²) in [6.45, 7) is 8.34. The van der Waals surface area contributed by atoms with E-state index in [-0.39, 0.29) is 51.4 Å². The molecule has 1 heterocycles. The zero-order valence-electron chi connectivity index (χ0n) is 15.5. The van der Waals surface area contributed by atoms with Gasteiger partial charge in [-0.25, -0.2) is 4.68 Å². The fourth-order valence-corrected chi connectivity index (χ4v) is 2.11. The van der Waals surface area contributed by atoms with Crippen LogP contribution in [-0.4, -0.2) is 28.6 Å². The minimum Gasteiger partial charge on any atom is -0.505 e. The van der Waals surface area contributed by atoms with Crippen molar-refractivity contribution in [2.45, 2.75) is 34.2 Å². The minimum absolute atomic E-state index is 0. The fraction of sp³-hybridized carbons (Fsp3) is 0.389. The average Bonchev–Trinajstić information content (AvgIpc) is 2.53. The van der Waals surface area contributed by atoms with Gasteiger partial charge < -0.3 is 17.3 Å². The van der Waals surface area contributed by atoms with Crippen LogP contribution in [0.1, 0.15) is 25.1 Å². The van der Waals surface area contributed by atoms with E-state index >= 15 is 0 Å². The van der Waals surface area contributed by atoms with Crippen molar-refractivity contribution in [3.8, 4) is 16.9 Å². The molecule has 2 rings (SSSR count). The van der Waals surface area contributed by atoms with Crippen molar-refractivity contribution in [2.75, 3.05) is 13.7 Å². The van der Waals surface area contributed by atoms with E-state index < -0.39 is 0 Å². The Kier molecular flexibility index (Phi) is 13.0. The molecular weight excluding hydrogens is 381 g/mol. The fourth-order valence-electron chi connectivity index (χ4n) is 2.11. The zero-order chi connectivity index (χ0) is 16.7. The number of hydrogen-bond donors (Lipinski definition) is 1. The molecule has 0 aliphatic rings. The Bertz CT molecular complexity index is 684. The van der Waals surface area contributed by atoms with Gasteiger partial charge in [0.15, 0.2) is 5.75 Å². The molecule has 24 heavy (non-hydrogen) atoms. The Morgan fingerprint density at radius 3 is 2.33 bits per heavy atom. The van der Waals surface area contributed by atoms with Crippen LogP contribution in [0.2, 0.25) is 0 Å².